The van der Waals surface area contributed by atoms with Crippen LogP contribution in [0.2, 0.25) is 5.02 Å². The first kappa shape index (κ1) is 24.5. The van der Waals surface area contributed by atoms with Crippen molar-refractivity contribution >= 4 is 35.9 Å². The first-order chi connectivity index (χ1) is 14.0. The van der Waals surface area contributed by atoms with Crippen molar-refractivity contribution < 1.29 is 30.0 Å². The molecule has 160 valence electrons. The Hall–Kier alpha value is -1.81. The molecule has 0 amide bonds. The summed E-state index contributed by atoms with van der Waals surface area (Å²) >= 11 is 11.6. The molecule has 30 heavy (non-hydrogen) atoms. The van der Waals surface area contributed by atoms with Crippen LogP contribution in [0.4, 0.5) is 5.69 Å². The third-order valence-corrected chi connectivity index (χ3v) is 5.44. The van der Waals surface area contributed by atoms with Gasteiger partial charge < -0.3 is 28.4 Å². The number of hydrogen-bond donors (Lipinski definition) is 2. The number of rotatable bonds is 7. The molecule has 3 aromatic carbocycles. The molecule has 3 aromatic rings. The molecule has 0 heterocycles. The van der Waals surface area contributed by atoms with Crippen LogP contribution in [0.1, 0.15) is 16.7 Å². The number of benzene rings is 3. The zero-order chi connectivity index (χ0) is 20.9. The van der Waals surface area contributed by atoms with Gasteiger partial charge in [-0.3, -0.25) is 4.79 Å². The van der Waals surface area contributed by atoms with E-state index in [0.29, 0.717) is 10.6 Å². The van der Waals surface area contributed by atoms with Gasteiger partial charge in [0.05, 0.1) is 6.04 Å². The van der Waals surface area contributed by atoms with Gasteiger partial charge >= 0.3 is 5.97 Å². The summed E-state index contributed by atoms with van der Waals surface area (Å²) in [5, 5.41) is 3.58. The Morgan fingerprint density at radius 2 is 1.60 bits per heavy atom. The molecule has 0 saturated carbocycles. The maximum Gasteiger partial charge on any atom is 0.322 e. The van der Waals surface area contributed by atoms with Crippen LogP contribution in [0.5, 0.6) is 0 Å². The van der Waals surface area contributed by atoms with Gasteiger partial charge in [0.2, 0.25) is 0 Å². The Morgan fingerprint density at radius 3 is 2.17 bits per heavy atom. The quantitative estimate of drug-likeness (QED) is 0.208. The maximum atomic E-state index is 12.9. The van der Waals surface area contributed by atoms with Crippen LogP contribution in [0.3, 0.4) is 0 Å². The molecular formula is C23H22ClN2O2PdS-. The van der Waals surface area contributed by atoms with Crippen molar-refractivity contribution in [1.82, 2.24) is 0 Å². The van der Waals surface area contributed by atoms with Gasteiger partial charge in [0.25, 0.3) is 0 Å². The molecule has 3 rings (SSSR count). The second kappa shape index (κ2) is 11.0. The van der Waals surface area contributed by atoms with E-state index in [9.17, 15) is 4.79 Å². The fourth-order valence-corrected chi connectivity index (χ4v) is 3.64. The summed E-state index contributed by atoms with van der Waals surface area (Å²) in [6.07, 6.45) is 0. The number of hydrogen-bond acceptors (Lipinski definition) is 5. The average Bonchev–Trinajstić information content (AvgIpc) is 2.78. The number of halogens is 1. The second-order valence-corrected chi connectivity index (χ2v) is 7.29. The van der Waals surface area contributed by atoms with Gasteiger partial charge in [0.15, 0.2) is 5.60 Å². The number of nitrogens with two attached hydrogens (primary N) is 1. The number of anilines is 1. The van der Waals surface area contributed by atoms with E-state index >= 15 is 0 Å². The maximum absolute atomic E-state index is 12.9. The minimum absolute atomic E-state index is 0. The van der Waals surface area contributed by atoms with E-state index in [1.54, 1.807) is 6.07 Å². The molecule has 0 radical (unpaired) electrons. The second-order valence-electron chi connectivity index (χ2n) is 6.55. The van der Waals surface area contributed by atoms with E-state index in [1.807, 2.05) is 79.8 Å². The van der Waals surface area contributed by atoms with E-state index in [0.717, 1.165) is 16.8 Å². The molecule has 0 aliphatic carbocycles. The Bertz CT molecular complexity index is 972. The zero-order valence-corrected chi connectivity index (χ0v) is 19.4. The third-order valence-electron chi connectivity index (χ3n) is 4.75. The largest absolute Gasteiger partial charge is 0.791 e. The van der Waals surface area contributed by atoms with Crippen LogP contribution in [-0.2, 0) is 48.2 Å². The molecule has 4 nitrogen and oxygen atoms in total. The van der Waals surface area contributed by atoms with Gasteiger partial charge in [0, 0.05) is 54.9 Å². The number of esters is 1. The van der Waals surface area contributed by atoms with Gasteiger partial charge in [-0.1, -0.05) is 72.3 Å². The van der Waals surface area contributed by atoms with Crippen LogP contribution in [0.15, 0.2) is 78.9 Å². The molecule has 0 aromatic heterocycles. The molecule has 0 bridgehead atoms. The van der Waals surface area contributed by atoms with Crippen LogP contribution in [0.25, 0.3) is 0 Å². The summed E-state index contributed by atoms with van der Waals surface area (Å²) in [5.74, 6) is -0.522. The van der Waals surface area contributed by atoms with Gasteiger partial charge in [-0.2, -0.15) is 5.75 Å². The van der Waals surface area contributed by atoms with E-state index in [-0.39, 0.29) is 26.2 Å². The molecule has 2 atom stereocenters. The fraction of sp³-hybridized carbons (Fsp3) is 0.174. The topological polar surface area (TPSA) is 64.3 Å². The van der Waals surface area contributed by atoms with Gasteiger partial charge in [-0.15, -0.1) is 0 Å². The Labute approximate surface area is 201 Å². The van der Waals surface area contributed by atoms with Crippen molar-refractivity contribution in [2.45, 2.75) is 11.6 Å². The summed E-state index contributed by atoms with van der Waals surface area (Å²) in [6, 6.07) is 23.6. The molecule has 0 saturated heterocycles. The van der Waals surface area contributed by atoms with Crippen molar-refractivity contribution in [1.29, 1.82) is 0 Å². The Kier molecular flexibility index (Phi) is 8.96. The first-order valence-electron chi connectivity index (χ1n) is 9.18. The summed E-state index contributed by atoms with van der Waals surface area (Å²) < 4.78 is 6.17. The number of carbonyl (C=O) groups excluding carboxylic acids is 1. The Balaban J connectivity index is 0.00000320. The molecule has 0 aliphatic heterocycles. The number of carbonyl (C=O) groups is 1. The van der Waals surface area contributed by atoms with Gasteiger partial charge in [-0.25, -0.2) is 0 Å². The van der Waals surface area contributed by atoms with Crippen molar-refractivity contribution in [2.75, 3.05) is 18.1 Å². The van der Waals surface area contributed by atoms with Crippen LogP contribution in [-0.4, -0.2) is 24.8 Å². The SMILES string of the molecule is CNc1ccc(C(OC(=O)C(N)C[S-])(c2ccccc2)c2ccccc2Cl)cc1.[Pd]. The molecule has 0 spiro atoms. The first-order valence-corrected chi connectivity index (χ1v) is 10.1. The van der Waals surface area contributed by atoms with Crippen LogP contribution in [0, 0.1) is 0 Å². The molecule has 3 N–H and O–H groups in total. The van der Waals surface area contributed by atoms with Crippen molar-refractivity contribution in [3.63, 3.8) is 0 Å². The molecular weight excluding hydrogens is 510 g/mol. The number of ether oxygens (including phenoxy) is 1. The normalized spacial score (nSPS) is 13.5. The van der Waals surface area contributed by atoms with Crippen molar-refractivity contribution in [3.05, 3.63) is 101 Å². The van der Waals surface area contributed by atoms with E-state index in [2.05, 4.69) is 5.32 Å². The predicted octanol–water partition coefficient (Wildman–Crippen LogP) is 4.09. The Morgan fingerprint density at radius 1 is 1.03 bits per heavy atom. The average molecular weight is 532 g/mol. The zero-order valence-electron chi connectivity index (χ0n) is 16.3. The third kappa shape index (κ3) is 4.91. The summed E-state index contributed by atoms with van der Waals surface area (Å²) in [5.41, 5.74) is 7.74. The molecule has 2 unspecified atom stereocenters. The molecule has 0 fully saturated rings. The summed E-state index contributed by atoms with van der Waals surface area (Å²) in [4.78, 5) is 12.9. The smallest absolute Gasteiger partial charge is 0.322 e. The predicted molar refractivity (Wildman–Crippen MR) is 120 cm³/mol. The van der Waals surface area contributed by atoms with Crippen LogP contribution >= 0.6 is 11.6 Å². The van der Waals surface area contributed by atoms with Crippen LogP contribution < -0.4 is 11.1 Å². The summed E-state index contributed by atoms with van der Waals surface area (Å²) in [6.45, 7) is 0. The van der Waals surface area contributed by atoms with E-state index in [1.165, 1.54) is 0 Å². The molecule has 0 aliphatic rings. The summed E-state index contributed by atoms with van der Waals surface area (Å²) in [7, 11) is 1.84. The minimum Gasteiger partial charge on any atom is -0.791 e. The fourth-order valence-electron chi connectivity index (χ4n) is 3.24. The molecule has 7 heteroatoms. The monoisotopic (exact) mass is 531 g/mol. The van der Waals surface area contributed by atoms with Gasteiger partial charge in [-0.05, 0) is 18.2 Å². The standard InChI is InChI=1S/C23H23ClN2O2S.Pd/c1-26-18-13-11-17(12-14-18)23(16-7-3-2-4-8-16,28-22(27)21(25)15-29)19-9-5-6-10-20(19)24;/h2-14,21,26,29H,15,25H2,1H3;/p-1. The van der Waals surface area contributed by atoms with Gasteiger partial charge in [0.1, 0.15) is 0 Å². The minimum atomic E-state index is -1.27. The van der Waals surface area contributed by atoms with Crippen molar-refractivity contribution in [3.8, 4) is 0 Å². The van der Waals surface area contributed by atoms with E-state index in [4.69, 9.17) is 34.7 Å². The van der Waals surface area contributed by atoms with Crippen molar-refractivity contribution in [2.24, 2.45) is 5.73 Å². The number of nitrogens with one attached hydrogen (secondary N) is 1. The van der Waals surface area contributed by atoms with E-state index < -0.39 is 17.6 Å².